The summed E-state index contributed by atoms with van der Waals surface area (Å²) in [6.45, 7) is 2.07. The van der Waals surface area contributed by atoms with Crippen LogP contribution < -0.4 is 11.1 Å². The van der Waals surface area contributed by atoms with Crippen LogP contribution in [-0.4, -0.2) is 12.5 Å². The van der Waals surface area contributed by atoms with Crippen molar-refractivity contribution in [2.24, 2.45) is 5.73 Å². The first-order chi connectivity index (χ1) is 10.1. The van der Waals surface area contributed by atoms with Crippen LogP contribution in [0.4, 0.5) is 4.39 Å². The highest BCUT2D eigenvalue weighted by atomic mass is 32.1. The van der Waals surface area contributed by atoms with E-state index in [1.807, 2.05) is 23.8 Å². The van der Waals surface area contributed by atoms with Gasteiger partial charge in [-0.05, 0) is 47.5 Å². The van der Waals surface area contributed by atoms with Crippen molar-refractivity contribution >= 4 is 17.2 Å². The van der Waals surface area contributed by atoms with Gasteiger partial charge in [0.1, 0.15) is 5.82 Å². The standard InChI is InChI=1S/C16H15FN2OS/c1-11(13-6-8-21-10-13)19-16(20)14-9-12(3-2-7-18)4-5-15(14)17/h4-6,8-11H,7,18H2,1H3,(H,19,20). The number of halogens is 1. The van der Waals surface area contributed by atoms with Gasteiger partial charge in [0.25, 0.3) is 5.91 Å². The minimum absolute atomic E-state index is 0.0131. The zero-order chi connectivity index (χ0) is 15.2. The molecule has 3 nitrogen and oxygen atoms in total. The van der Waals surface area contributed by atoms with Crippen molar-refractivity contribution in [2.75, 3.05) is 6.54 Å². The Bertz CT molecular complexity index is 686. The molecule has 0 fully saturated rings. The molecule has 1 atom stereocenters. The van der Waals surface area contributed by atoms with E-state index in [1.165, 1.54) is 18.2 Å². The van der Waals surface area contributed by atoms with Crippen molar-refractivity contribution in [2.45, 2.75) is 13.0 Å². The predicted octanol–water partition coefficient (Wildman–Crippen LogP) is 2.69. The van der Waals surface area contributed by atoms with E-state index in [2.05, 4.69) is 17.2 Å². The summed E-state index contributed by atoms with van der Waals surface area (Å²) in [5.41, 5.74) is 6.84. The second kappa shape index (κ2) is 7.02. The third-order valence-electron chi connectivity index (χ3n) is 2.94. The lowest BCUT2D eigenvalue weighted by Crippen LogP contribution is -2.27. The van der Waals surface area contributed by atoms with Gasteiger partial charge < -0.3 is 11.1 Å². The molecule has 3 N–H and O–H groups in total. The number of carbonyl (C=O) groups is 1. The first kappa shape index (κ1) is 15.2. The smallest absolute Gasteiger partial charge is 0.254 e. The highest BCUT2D eigenvalue weighted by Gasteiger charge is 2.15. The van der Waals surface area contributed by atoms with E-state index in [9.17, 15) is 9.18 Å². The zero-order valence-electron chi connectivity index (χ0n) is 11.5. The fourth-order valence-electron chi connectivity index (χ4n) is 1.81. The van der Waals surface area contributed by atoms with Gasteiger partial charge in [-0.25, -0.2) is 4.39 Å². The molecule has 0 aliphatic carbocycles. The van der Waals surface area contributed by atoms with Crippen LogP contribution in [0, 0.1) is 17.7 Å². The van der Waals surface area contributed by atoms with Gasteiger partial charge in [0.2, 0.25) is 0 Å². The average molecular weight is 302 g/mol. The molecule has 1 heterocycles. The topological polar surface area (TPSA) is 55.1 Å². The van der Waals surface area contributed by atoms with Crippen LogP contribution >= 0.6 is 11.3 Å². The van der Waals surface area contributed by atoms with Crippen molar-refractivity contribution in [3.05, 3.63) is 57.5 Å². The molecule has 0 saturated heterocycles. The maximum absolute atomic E-state index is 13.8. The van der Waals surface area contributed by atoms with Gasteiger partial charge in [-0.1, -0.05) is 11.8 Å². The number of hydrogen-bond acceptors (Lipinski definition) is 3. The molecule has 0 spiro atoms. The number of nitrogens with two attached hydrogens (primary N) is 1. The van der Waals surface area contributed by atoms with Crippen molar-refractivity contribution in [3.63, 3.8) is 0 Å². The van der Waals surface area contributed by atoms with E-state index in [0.29, 0.717) is 5.56 Å². The lowest BCUT2D eigenvalue weighted by molar-refractivity contribution is 0.0936. The Balaban J connectivity index is 2.18. The quantitative estimate of drug-likeness (QED) is 0.857. The largest absolute Gasteiger partial charge is 0.345 e. The first-order valence-corrected chi connectivity index (χ1v) is 7.37. The van der Waals surface area contributed by atoms with E-state index in [1.54, 1.807) is 11.3 Å². The second-order valence-corrected chi connectivity index (χ2v) is 5.23. The molecule has 0 saturated carbocycles. The molecular formula is C16H15FN2OS. The number of nitrogens with one attached hydrogen (secondary N) is 1. The van der Waals surface area contributed by atoms with Crippen LogP contribution in [0.1, 0.15) is 34.5 Å². The third-order valence-corrected chi connectivity index (χ3v) is 3.64. The van der Waals surface area contributed by atoms with Crippen LogP contribution in [0.3, 0.4) is 0 Å². The Labute approximate surface area is 127 Å². The van der Waals surface area contributed by atoms with Gasteiger partial charge >= 0.3 is 0 Å². The number of carbonyl (C=O) groups excluding carboxylic acids is 1. The Morgan fingerprint density at radius 3 is 2.95 bits per heavy atom. The third kappa shape index (κ3) is 3.91. The van der Waals surface area contributed by atoms with E-state index < -0.39 is 11.7 Å². The molecule has 1 aromatic carbocycles. The highest BCUT2D eigenvalue weighted by molar-refractivity contribution is 7.07. The summed E-state index contributed by atoms with van der Waals surface area (Å²) >= 11 is 1.55. The zero-order valence-corrected chi connectivity index (χ0v) is 12.3. The Morgan fingerprint density at radius 2 is 2.29 bits per heavy atom. The molecule has 5 heteroatoms. The number of hydrogen-bond donors (Lipinski definition) is 2. The van der Waals surface area contributed by atoms with E-state index in [-0.39, 0.29) is 18.2 Å². The maximum atomic E-state index is 13.8. The molecule has 108 valence electrons. The fourth-order valence-corrected chi connectivity index (χ4v) is 2.56. The normalized spacial score (nSPS) is 11.4. The van der Waals surface area contributed by atoms with Crippen molar-refractivity contribution < 1.29 is 9.18 Å². The molecular weight excluding hydrogens is 287 g/mol. The molecule has 0 aliphatic rings. The van der Waals surface area contributed by atoms with E-state index >= 15 is 0 Å². The highest BCUT2D eigenvalue weighted by Crippen LogP contribution is 2.17. The molecule has 0 bridgehead atoms. The Kier molecular flexibility index (Phi) is 5.09. The molecule has 2 aromatic rings. The Morgan fingerprint density at radius 1 is 1.48 bits per heavy atom. The number of rotatable bonds is 3. The molecule has 21 heavy (non-hydrogen) atoms. The molecule has 1 aromatic heterocycles. The van der Waals surface area contributed by atoms with Gasteiger partial charge in [0, 0.05) is 5.56 Å². The lowest BCUT2D eigenvalue weighted by Gasteiger charge is -2.13. The minimum atomic E-state index is -0.566. The van der Waals surface area contributed by atoms with E-state index in [0.717, 1.165) is 5.56 Å². The van der Waals surface area contributed by atoms with Gasteiger partial charge in [-0.3, -0.25) is 4.79 Å². The summed E-state index contributed by atoms with van der Waals surface area (Å²) in [6.07, 6.45) is 0. The van der Waals surface area contributed by atoms with E-state index in [4.69, 9.17) is 5.73 Å². The fraction of sp³-hybridized carbons (Fsp3) is 0.188. The van der Waals surface area contributed by atoms with Gasteiger partial charge in [0.05, 0.1) is 18.2 Å². The second-order valence-electron chi connectivity index (χ2n) is 4.45. The SMILES string of the molecule is CC(NC(=O)c1cc(C#CCN)ccc1F)c1ccsc1. The van der Waals surface area contributed by atoms with Crippen molar-refractivity contribution in [3.8, 4) is 11.8 Å². The predicted molar refractivity (Wildman–Crippen MR) is 82.5 cm³/mol. The van der Waals surface area contributed by atoms with Crippen LogP contribution in [0.25, 0.3) is 0 Å². The number of amides is 1. The van der Waals surface area contributed by atoms with Crippen LogP contribution in [0.5, 0.6) is 0 Å². The van der Waals surface area contributed by atoms with Gasteiger partial charge in [-0.15, -0.1) is 0 Å². The summed E-state index contributed by atoms with van der Waals surface area (Å²) in [5, 5.41) is 6.66. The molecule has 1 amide bonds. The molecule has 0 radical (unpaired) electrons. The molecule has 2 rings (SSSR count). The Hall–Kier alpha value is -2.16. The van der Waals surface area contributed by atoms with Gasteiger partial charge in [0.15, 0.2) is 0 Å². The number of thiophene rings is 1. The van der Waals surface area contributed by atoms with Crippen LogP contribution in [-0.2, 0) is 0 Å². The summed E-state index contributed by atoms with van der Waals surface area (Å²) in [4.78, 5) is 12.2. The minimum Gasteiger partial charge on any atom is -0.345 e. The summed E-state index contributed by atoms with van der Waals surface area (Å²) < 4.78 is 13.8. The van der Waals surface area contributed by atoms with Crippen molar-refractivity contribution in [1.82, 2.24) is 5.32 Å². The summed E-state index contributed by atoms with van der Waals surface area (Å²) in [7, 11) is 0. The molecule has 1 unspecified atom stereocenters. The van der Waals surface area contributed by atoms with Crippen LogP contribution in [0.2, 0.25) is 0 Å². The summed E-state index contributed by atoms with van der Waals surface area (Å²) in [5.74, 6) is 4.44. The maximum Gasteiger partial charge on any atom is 0.254 e. The molecule has 0 aliphatic heterocycles. The first-order valence-electron chi connectivity index (χ1n) is 6.43. The van der Waals surface area contributed by atoms with Crippen LogP contribution in [0.15, 0.2) is 35.0 Å². The van der Waals surface area contributed by atoms with Gasteiger partial charge in [-0.2, -0.15) is 11.3 Å². The monoisotopic (exact) mass is 302 g/mol. The summed E-state index contributed by atoms with van der Waals surface area (Å²) in [6, 6.07) is 5.95. The average Bonchev–Trinajstić information content (AvgIpc) is 3.00. The lowest BCUT2D eigenvalue weighted by atomic mass is 10.1. The number of benzene rings is 1. The van der Waals surface area contributed by atoms with Crippen molar-refractivity contribution in [1.29, 1.82) is 0 Å².